The second-order valence-corrected chi connectivity index (χ2v) is 3.39. The van der Waals surface area contributed by atoms with E-state index in [1.165, 1.54) is 0 Å². The molecule has 88 valence electrons. The normalized spacial score (nSPS) is 10.1. The Hall–Kier alpha value is -1.32. The lowest BCUT2D eigenvalue weighted by molar-refractivity contribution is 0.123. The first-order chi connectivity index (χ1) is 7.86. The highest BCUT2D eigenvalue weighted by Gasteiger charge is 1.94. The van der Waals surface area contributed by atoms with Gasteiger partial charge in [0.1, 0.15) is 5.75 Å². The van der Waals surface area contributed by atoms with Gasteiger partial charge in [0.25, 0.3) is 0 Å². The molecule has 0 aliphatic carbocycles. The van der Waals surface area contributed by atoms with Crippen LogP contribution in [0.2, 0.25) is 0 Å². The maximum atomic E-state index is 5.50. The minimum absolute atomic E-state index is 0.639. The van der Waals surface area contributed by atoms with Crippen molar-refractivity contribution in [3.8, 4) is 5.75 Å². The average molecular weight is 221 g/mol. The van der Waals surface area contributed by atoms with Crippen LogP contribution in [0.3, 0.4) is 0 Å². The first kappa shape index (κ1) is 12.7. The number of hydrogen-bond donors (Lipinski definition) is 1. The molecule has 0 atom stereocenters. The molecule has 1 aromatic carbocycles. The fraction of sp³-hybridized carbons (Fsp3) is 0.385. The van der Waals surface area contributed by atoms with Gasteiger partial charge >= 0.3 is 0 Å². The predicted octanol–water partition coefficient (Wildman–Crippen LogP) is 1.99. The molecule has 0 fully saturated rings. The molecule has 0 radical (unpaired) electrons. The predicted molar refractivity (Wildman–Crippen MR) is 65.7 cm³/mol. The fourth-order valence-corrected chi connectivity index (χ4v) is 1.26. The zero-order valence-electron chi connectivity index (χ0n) is 9.74. The molecule has 0 heterocycles. The summed E-state index contributed by atoms with van der Waals surface area (Å²) in [7, 11) is 1.66. The minimum atomic E-state index is 0.639. The summed E-state index contributed by atoms with van der Waals surface area (Å²) in [5, 5.41) is 3.18. The Kier molecular flexibility index (Phi) is 6.30. The second-order valence-electron chi connectivity index (χ2n) is 3.39. The van der Waals surface area contributed by atoms with Crippen LogP contribution in [0, 0.1) is 0 Å². The molecule has 1 N–H and O–H groups in total. The van der Waals surface area contributed by atoms with E-state index in [4.69, 9.17) is 9.47 Å². The molecule has 1 rings (SSSR count). The maximum absolute atomic E-state index is 5.50. The molecule has 0 unspecified atom stereocenters. The topological polar surface area (TPSA) is 30.5 Å². The summed E-state index contributed by atoms with van der Waals surface area (Å²) >= 11 is 0. The Morgan fingerprint density at radius 2 is 2.06 bits per heavy atom. The van der Waals surface area contributed by atoms with Crippen LogP contribution in [0.15, 0.2) is 36.9 Å². The van der Waals surface area contributed by atoms with E-state index in [9.17, 15) is 0 Å². The van der Waals surface area contributed by atoms with E-state index < -0.39 is 0 Å². The lowest BCUT2D eigenvalue weighted by atomic mass is 10.2. The van der Waals surface area contributed by atoms with Crippen molar-refractivity contribution in [1.29, 1.82) is 0 Å². The zero-order chi connectivity index (χ0) is 11.6. The highest BCUT2D eigenvalue weighted by molar-refractivity contribution is 5.26. The third-order valence-electron chi connectivity index (χ3n) is 2.14. The molecule has 0 spiro atoms. The van der Waals surface area contributed by atoms with Crippen LogP contribution in [-0.4, -0.2) is 26.8 Å². The Labute approximate surface area is 97.1 Å². The number of hydrogen-bond acceptors (Lipinski definition) is 3. The number of benzene rings is 1. The van der Waals surface area contributed by atoms with Gasteiger partial charge < -0.3 is 14.8 Å². The van der Waals surface area contributed by atoms with Gasteiger partial charge in [-0.1, -0.05) is 18.2 Å². The summed E-state index contributed by atoms with van der Waals surface area (Å²) in [5.74, 6) is 0.872. The van der Waals surface area contributed by atoms with Crippen LogP contribution in [0.5, 0.6) is 5.75 Å². The lowest BCUT2D eigenvalue weighted by Gasteiger charge is -2.05. The molecule has 16 heavy (non-hydrogen) atoms. The van der Waals surface area contributed by atoms with Crippen molar-refractivity contribution in [1.82, 2.24) is 5.32 Å². The van der Waals surface area contributed by atoms with E-state index in [1.807, 2.05) is 30.3 Å². The van der Waals surface area contributed by atoms with E-state index in [-0.39, 0.29) is 0 Å². The molecule has 3 heteroatoms. The molecule has 0 aliphatic heterocycles. The Bertz CT molecular complexity index is 295. The van der Waals surface area contributed by atoms with E-state index >= 15 is 0 Å². The lowest BCUT2D eigenvalue weighted by Crippen LogP contribution is -2.19. The third-order valence-corrected chi connectivity index (χ3v) is 2.14. The number of nitrogens with one attached hydrogen (secondary N) is 1. The Morgan fingerprint density at radius 3 is 2.69 bits per heavy atom. The first-order valence-corrected chi connectivity index (χ1v) is 5.39. The van der Waals surface area contributed by atoms with Crippen LogP contribution in [0.1, 0.15) is 5.56 Å². The summed E-state index contributed by atoms with van der Waals surface area (Å²) in [5.41, 5.74) is 1.16. The monoisotopic (exact) mass is 221 g/mol. The van der Waals surface area contributed by atoms with Crippen LogP contribution >= 0.6 is 0 Å². The van der Waals surface area contributed by atoms with Crippen molar-refractivity contribution in [2.75, 3.05) is 26.8 Å². The van der Waals surface area contributed by atoms with Crippen LogP contribution in [0.25, 0.3) is 0 Å². The summed E-state index contributed by atoms with van der Waals surface area (Å²) in [6.07, 6.45) is 1.84. The minimum Gasteiger partial charge on any atom is -0.497 e. The van der Waals surface area contributed by atoms with Crippen LogP contribution < -0.4 is 10.1 Å². The van der Waals surface area contributed by atoms with Gasteiger partial charge in [-0.05, 0) is 17.7 Å². The van der Waals surface area contributed by atoms with Crippen molar-refractivity contribution in [3.63, 3.8) is 0 Å². The Balaban J connectivity index is 2.14. The van der Waals surface area contributed by atoms with Crippen molar-refractivity contribution in [2.24, 2.45) is 0 Å². The van der Waals surface area contributed by atoms with E-state index in [0.717, 1.165) is 24.4 Å². The van der Waals surface area contributed by atoms with Crippen molar-refractivity contribution in [3.05, 3.63) is 42.5 Å². The van der Waals surface area contributed by atoms with Gasteiger partial charge in [0.2, 0.25) is 0 Å². The molecule has 0 aliphatic rings. The van der Waals surface area contributed by atoms with E-state index in [0.29, 0.717) is 13.2 Å². The summed E-state index contributed by atoms with van der Waals surface area (Å²) in [6.45, 7) is 6.65. The van der Waals surface area contributed by atoms with E-state index in [1.54, 1.807) is 7.11 Å². The van der Waals surface area contributed by atoms with Gasteiger partial charge in [-0.25, -0.2) is 0 Å². The Morgan fingerprint density at radius 1 is 1.31 bits per heavy atom. The first-order valence-electron chi connectivity index (χ1n) is 5.39. The number of ether oxygens (including phenoxy) is 2. The smallest absolute Gasteiger partial charge is 0.118 e. The number of rotatable bonds is 8. The van der Waals surface area contributed by atoms with Gasteiger partial charge in [-0.3, -0.25) is 0 Å². The second kappa shape index (κ2) is 7.91. The van der Waals surface area contributed by atoms with E-state index in [2.05, 4.69) is 11.9 Å². The van der Waals surface area contributed by atoms with Gasteiger partial charge in [0, 0.05) is 13.1 Å². The van der Waals surface area contributed by atoms with Gasteiger partial charge in [0.05, 0.1) is 20.3 Å². The average Bonchev–Trinajstić information content (AvgIpc) is 2.34. The quantitative estimate of drug-likeness (QED) is 0.538. The third kappa shape index (κ3) is 4.96. The molecule has 0 saturated heterocycles. The van der Waals surface area contributed by atoms with Crippen molar-refractivity contribution >= 4 is 0 Å². The molecule has 1 aromatic rings. The summed E-state index contributed by atoms with van der Waals surface area (Å²) < 4.78 is 10.6. The largest absolute Gasteiger partial charge is 0.497 e. The maximum Gasteiger partial charge on any atom is 0.118 e. The molecule has 0 saturated carbocycles. The molecular weight excluding hydrogens is 202 g/mol. The molecule has 0 bridgehead atoms. The molecular formula is C13H19NO2. The molecule has 0 amide bonds. The van der Waals surface area contributed by atoms with Gasteiger partial charge in [-0.15, -0.1) is 6.58 Å². The number of methoxy groups -OCH3 is 1. The highest BCUT2D eigenvalue weighted by atomic mass is 16.5. The highest BCUT2D eigenvalue weighted by Crippen LogP contribution is 2.11. The van der Waals surface area contributed by atoms with Crippen LogP contribution in [-0.2, 0) is 11.3 Å². The summed E-state index contributed by atoms with van der Waals surface area (Å²) in [6, 6.07) is 7.90. The molecule has 0 aromatic heterocycles. The fourth-order valence-electron chi connectivity index (χ4n) is 1.26. The van der Waals surface area contributed by atoms with Crippen molar-refractivity contribution < 1.29 is 9.47 Å². The van der Waals surface area contributed by atoms with Gasteiger partial charge in [-0.2, -0.15) is 0 Å². The van der Waals surface area contributed by atoms with Crippen molar-refractivity contribution in [2.45, 2.75) is 6.61 Å². The standard InChI is InChI=1S/C13H19NO2/c1-3-8-14-9-10-16-11-12-4-6-13(15-2)7-5-12/h3-7,14H,1,8-11H2,2H3. The summed E-state index contributed by atoms with van der Waals surface area (Å²) in [4.78, 5) is 0. The SMILES string of the molecule is C=CCNCCOCc1ccc(OC)cc1. The van der Waals surface area contributed by atoms with Crippen LogP contribution in [0.4, 0.5) is 0 Å². The van der Waals surface area contributed by atoms with Gasteiger partial charge in [0.15, 0.2) is 0 Å². The zero-order valence-corrected chi connectivity index (χ0v) is 9.74. The molecule has 3 nitrogen and oxygen atoms in total.